The first-order valence-electron chi connectivity index (χ1n) is 3.94. The quantitative estimate of drug-likeness (QED) is 0.458. The van der Waals surface area contributed by atoms with Crippen LogP contribution in [0.4, 0.5) is 0 Å². The Kier molecular flexibility index (Phi) is 7.57. The molecular weight excluding hydrogens is 160 g/mol. The Hall–Kier alpha value is -0.310. The zero-order valence-electron chi connectivity index (χ0n) is 6.84. The first kappa shape index (κ1) is 10.7. The molecule has 0 bridgehead atoms. The van der Waals surface area contributed by atoms with Crippen molar-refractivity contribution in [3.8, 4) is 0 Å². The third kappa shape index (κ3) is 7.59. The van der Waals surface area contributed by atoms with Gasteiger partial charge in [0.25, 0.3) is 0 Å². The number of hydrogen-bond donors (Lipinski definition) is 0. The second kappa shape index (κ2) is 7.79. The fraction of sp³-hybridized carbons (Fsp3) is 0.750. The van der Waals surface area contributed by atoms with E-state index in [2.05, 4.69) is 6.92 Å². The smallest absolute Gasteiger partial charge is 0.196 e. The summed E-state index contributed by atoms with van der Waals surface area (Å²) in [6, 6.07) is 0. The van der Waals surface area contributed by atoms with E-state index in [1.54, 1.807) is 0 Å². The summed E-state index contributed by atoms with van der Waals surface area (Å²) in [4.78, 5) is 20.6. The van der Waals surface area contributed by atoms with E-state index < -0.39 is 0 Å². The molecule has 0 atom stereocenters. The van der Waals surface area contributed by atoms with E-state index in [0.717, 1.165) is 24.6 Å². The minimum absolute atomic E-state index is 0.00361. The van der Waals surface area contributed by atoms with Crippen molar-refractivity contribution in [2.24, 2.45) is 0 Å². The molecule has 0 aliphatic heterocycles. The zero-order valence-corrected chi connectivity index (χ0v) is 7.65. The fourth-order valence-electron chi connectivity index (χ4n) is 0.809. The molecule has 0 amide bonds. The van der Waals surface area contributed by atoms with Crippen LogP contribution in [0.2, 0.25) is 0 Å². The maximum atomic E-state index is 10.7. The van der Waals surface area contributed by atoms with E-state index in [0.29, 0.717) is 12.0 Å². The van der Waals surface area contributed by atoms with Crippen LogP contribution in [0.25, 0.3) is 0 Å². The lowest BCUT2D eigenvalue weighted by Crippen LogP contribution is -1.90. The van der Waals surface area contributed by atoms with Crippen molar-refractivity contribution in [1.82, 2.24) is 0 Å². The molecule has 0 spiro atoms. The van der Waals surface area contributed by atoms with Crippen molar-refractivity contribution in [1.29, 1.82) is 0 Å². The van der Waals surface area contributed by atoms with Crippen LogP contribution in [0.15, 0.2) is 0 Å². The second-order valence-electron chi connectivity index (χ2n) is 2.40. The van der Waals surface area contributed by atoms with Crippen molar-refractivity contribution < 1.29 is 9.59 Å². The summed E-state index contributed by atoms with van der Waals surface area (Å²) in [7, 11) is 0. The number of hydrogen-bond acceptors (Lipinski definition) is 3. The summed E-state index contributed by atoms with van der Waals surface area (Å²) >= 11 is 0.770. The third-order valence-corrected chi connectivity index (χ3v) is 1.98. The van der Waals surface area contributed by atoms with E-state index in [-0.39, 0.29) is 5.12 Å². The molecule has 0 saturated heterocycles. The third-order valence-electron chi connectivity index (χ3n) is 1.41. The van der Waals surface area contributed by atoms with Gasteiger partial charge in [0, 0.05) is 6.42 Å². The Bertz CT molecular complexity index is 123. The zero-order chi connectivity index (χ0) is 8.53. The van der Waals surface area contributed by atoms with Gasteiger partial charge in [0.05, 0.1) is 0 Å². The van der Waals surface area contributed by atoms with Crippen LogP contribution in [0.5, 0.6) is 0 Å². The Labute approximate surface area is 71.7 Å². The molecule has 0 aliphatic rings. The van der Waals surface area contributed by atoms with Crippen LogP contribution in [-0.2, 0) is 9.59 Å². The summed E-state index contributed by atoms with van der Waals surface area (Å²) in [5.41, 5.74) is 0.599. The number of carbonyl (C=O) groups excluding carboxylic acids is 2. The molecule has 0 aliphatic carbocycles. The van der Waals surface area contributed by atoms with Gasteiger partial charge in [0.2, 0.25) is 0 Å². The van der Waals surface area contributed by atoms with E-state index in [9.17, 15) is 9.59 Å². The largest absolute Gasteiger partial charge is 0.290 e. The van der Waals surface area contributed by atoms with Crippen molar-refractivity contribution in [3.05, 3.63) is 0 Å². The first-order valence-corrected chi connectivity index (χ1v) is 4.82. The number of carbonyl (C=O) groups is 2. The Morgan fingerprint density at radius 2 is 2.09 bits per heavy atom. The standard InChI is InChI=1S/C8H14O2S/c1-2-3-4-5-6-8(10)11-7-9/h7H,2-6H2,1H3. The summed E-state index contributed by atoms with van der Waals surface area (Å²) < 4.78 is 0. The summed E-state index contributed by atoms with van der Waals surface area (Å²) in [5, 5.41) is -0.00361. The number of thioether (sulfide) groups is 1. The molecule has 0 rings (SSSR count). The van der Waals surface area contributed by atoms with Crippen molar-refractivity contribution >= 4 is 22.5 Å². The predicted molar refractivity (Wildman–Crippen MR) is 48.1 cm³/mol. The molecule has 0 aromatic rings. The van der Waals surface area contributed by atoms with Crippen LogP contribution in [0.1, 0.15) is 39.0 Å². The van der Waals surface area contributed by atoms with Gasteiger partial charge in [-0.05, 0) is 18.2 Å². The predicted octanol–water partition coefficient (Wildman–Crippen LogP) is 2.41. The highest BCUT2D eigenvalue weighted by Gasteiger charge is 1.99. The summed E-state index contributed by atoms with van der Waals surface area (Å²) in [6.45, 7) is 2.13. The topological polar surface area (TPSA) is 34.1 Å². The maximum absolute atomic E-state index is 10.7. The van der Waals surface area contributed by atoms with Crippen molar-refractivity contribution in [3.63, 3.8) is 0 Å². The second-order valence-corrected chi connectivity index (χ2v) is 3.28. The van der Waals surface area contributed by atoms with Crippen LogP contribution in [0.3, 0.4) is 0 Å². The lowest BCUT2D eigenvalue weighted by molar-refractivity contribution is -0.111. The van der Waals surface area contributed by atoms with Crippen molar-refractivity contribution in [2.45, 2.75) is 39.0 Å². The van der Waals surface area contributed by atoms with Gasteiger partial charge in [-0.2, -0.15) is 0 Å². The number of unbranched alkanes of at least 4 members (excludes halogenated alkanes) is 3. The Balaban J connectivity index is 3.10. The average Bonchev–Trinajstić information content (AvgIpc) is 1.99. The van der Waals surface area contributed by atoms with E-state index in [1.165, 1.54) is 12.8 Å². The van der Waals surface area contributed by atoms with Crippen LogP contribution < -0.4 is 0 Å². The van der Waals surface area contributed by atoms with Gasteiger partial charge < -0.3 is 0 Å². The molecule has 0 aromatic heterocycles. The molecule has 0 saturated carbocycles. The van der Waals surface area contributed by atoms with E-state index in [1.807, 2.05) is 0 Å². The van der Waals surface area contributed by atoms with Gasteiger partial charge in [0.15, 0.2) is 10.7 Å². The molecule has 3 heteroatoms. The molecular formula is C8H14O2S. The minimum Gasteiger partial charge on any atom is -0.290 e. The minimum atomic E-state index is -0.00361. The molecule has 64 valence electrons. The molecule has 11 heavy (non-hydrogen) atoms. The number of rotatable bonds is 6. The molecule has 0 N–H and O–H groups in total. The SMILES string of the molecule is CCCCCCC(=O)SC=O. The van der Waals surface area contributed by atoms with Gasteiger partial charge in [-0.1, -0.05) is 26.2 Å². The molecule has 0 fully saturated rings. The van der Waals surface area contributed by atoms with E-state index in [4.69, 9.17) is 0 Å². The monoisotopic (exact) mass is 174 g/mol. The van der Waals surface area contributed by atoms with E-state index >= 15 is 0 Å². The Morgan fingerprint density at radius 1 is 1.36 bits per heavy atom. The summed E-state index contributed by atoms with van der Waals surface area (Å²) in [6.07, 6.45) is 4.92. The highest BCUT2D eigenvalue weighted by atomic mass is 32.2. The molecule has 0 heterocycles. The van der Waals surface area contributed by atoms with Crippen LogP contribution in [0, 0.1) is 0 Å². The summed E-state index contributed by atoms with van der Waals surface area (Å²) in [5.74, 6) is 0. The van der Waals surface area contributed by atoms with Crippen LogP contribution >= 0.6 is 11.8 Å². The van der Waals surface area contributed by atoms with Gasteiger partial charge in [0.1, 0.15) is 0 Å². The van der Waals surface area contributed by atoms with Gasteiger partial charge in [-0.3, -0.25) is 9.59 Å². The van der Waals surface area contributed by atoms with Gasteiger partial charge in [-0.25, -0.2) is 0 Å². The Morgan fingerprint density at radius 3 is 2.64 bits per heavy atom. The highest BCUT2D eigenvalue weighted by Crippen LogP contribution is 2.07. The molecule has 2 nitrogen and oxygen atoms in total. The average molecular weight is 174 g/mol. The van der Waals surface area contributed by atoms with Gasteiger partial charge in [-0.15, -0.1) is 0 Å². The molecule has 0 radical (unpaired) electrons. The van der Waals surface area contributed by atoms with Gasteiger partial charge >= 0.3 is 0 Å². The molecule has 0 unspecified atom stereocenters. The van der Waals surface area contributed by atoms with Crippen LogP contribution in [-0.4, -0.2) is 10.7 Å². The lowest BCUT2D eigenvalue weighted by atomic mass is 10.2. The maximum Gasteiger partial charge on any atom is 0.196 e. The normalized spacial score (nSPS) is 9.55. The fourth-order valence-corrected chi connectivity index (χ4v) is 1.18. The van der Waals surface area contributed by atoms with Crippen molar-refractivity contribution in [2.75, 3.05) is 0 Å². The molecule has 0 aromatic carbocycles. The highest BCUT2D eigenvalue weighted by molar-refractivity contribution is 8.24. The first-order chi connectivity index (χ1) is 5.31. The lowest BCUT2D eigenvalue weighted by Gasteiger charge is -1.95.